The third-order valence-electron chi connectivity index (χ3n) is 12.8. The number of esters is 3. The van der Waals surface area contributed by atoms with E-state index in [1.54, 1.807) is 44.2 Å². The highest BCUT2D eigenvalue weighted by atomic mass is 31.2. The van der Waals surface area contributed by atoms with Crippen molar-refractivity contribution in [2.75, 3.05) is 28.3 Å². The van der Waals surface area contributed by atoms with E-state index in [9.17, 15) is 57.5 Å². The number of hydrogen-bond donors (Lipinski definition) is 6. The molecule has 0 aliphatic carbocycles. The number of rotatable bonds is 16. The SMILES string of the molecule is CCC(=O)N[C@H](C(=O)O[C@H](C(C)C)[C@@H]1NC(=O)[C@H](C)N(C)C(=O)[C@H](C)NC(=O)C(C)N(C)C(=O)[C@@H](Cc2ccccc2)OC(=O)[C@@H](NC(C)=O)[C@@H](C(C)C)OC(=O)[C@H]([C@@H](C)OC)N(C)C1=O)[C@H](OP(=O)(O)O)C(C)C. The van der Waals surface area contributed by atoms with Gasteiger partial charge in [0.05, 0.1) is 6.10 Å². The molecule has 0 spiro atoms. The van der Waals surface area contributed by atoms with Crippen molar-refractivity contribution in [2.24, 2.45) is 17.8 Å². The molecule has 1 aliphatic heterocycles. The van der Waals surface area contributed by atoms with Gasteiger partial charge in [0.2, 0.25) is 35.4 Å². The predicted molar refractivity (Wildman–Crippen MR) is 268 cm³/mol. The molecule has 26 heteroatoms. The van der Waals surface area contributed by atoms with Crippen LogP contribution in [-0.2, 0) is 82.4 Å². The van der Waals surface area contributed by atoms with Crippen molar-refractivity contribution in [3.8, 4) is 0 Å². The highest BCUT2D eigenvalue weighted by molar-refractivity contribution is 7.46. The summed E-state index contributed by atoms with van der Waals surface area (Å²) in [6, 6.07) is -3.13. The molecule has 1 saturated heterocycles. The van der Waals surface area contributed by atoms with Gasteiger partial charge in [-0.05, 0) is 51.0 Å². The summed E-state index contributed by atoms with van der Waals surface area (Å²) < 4.78 is 40.6. The molecule has 1 aromatic carbocycles. The topological polar surface area (TPSA) is 332 Å². The monoisotopic (exact) mass is 1080 g/mol. The Bertz CT molecular complexity index is 2240. The summed E-state index contributed by atoms with van der Waals surface area (Å²) >= 11 is 0. The van der Waals surface area contributed by atoms with Gasteiger partial charge in [-0.2, -0.15) is 0 Å². The second-order valence-electron chi connectivity index (χ2n) is 19.6. The lowest BCUT2D eigenvalue weighted by Gasteiger charge is -2.39. The van der Waals surface area contributed by atoms with Crippen LogP contribution in [0.4, 0.5) is 0 Å². The molecule has 0 aromatic heterocycles. The molecule has 75 heavy (non-hydrogen) atoms. The molecule has 2 rings (SSSR count). The summed E-state index contributed by atoms with van der Waals surface area (Å²) in [4.78, 5) is 163. The van der Waals surface area contributed by atoms with Gasteiger partial charge in [0, 0.05) is 48.0 Å². The second-order valence-corrected chi connectivity index (χ2v) is 20.8. The van der Waals surface area contributed by atoms with Crippen molar-refractivity contribution < 1.29 is 85.8 Å². The number of hydrogen-bond acceptors (Lipinski definition) is 16. The zero-order valence-electron chi connectivity index (χ0n) is 45.7. The van der Waals surface area contributed by atoms with Gasteiger partial charge in [-0.25, -0.2) is 18.9 Å². The molecule has 1 unspecified atom stereocenters. The number of likely N-dealkylation sites (N-methyl/N-ethyl adjacent to an activating group) is 3. The van der Waals surface area contributed by atoms with Crippen molar-refractivity contribution in [1.82, 2.24) is 36.0 Å². The van der Waals surface area contributed by atoms with E-state index in [-0.39, 0.29) is 12.8 Å². The average Bonchev–Trinajstić information content (AvgIpc) is 3.33. The number of cyclic esters (lactones) is 2. The summed E-state index contributed by atoms with van der Waals surface area (Å²) in [6.45, 7) is 16.9. The number of benzene rings is 1. The predicted octanol–water partition coefficient (Wildman–Crippen LogP) is 0.369. The minimum Gasteiger partial charge on any atom is -0.458 e. The molecule has 422 valence electrons. The Morgan fingerprint density at radius 2 is 1.32 bits per heavy atom. The third kappa shape index (κ3) is 18.4. The third-order valence-corrected chi connectivity index (χ3v) is 13.3. The summed E-state index contributed by atoms with van der Waals surface area (Å²) in [5.74, 6) is -12.6. The Hall–Kier alpha value is -6.01. The van der Waals surface area contributed by atoms with Crippen molar-refractivity contribution >= 4 is 67.1 Å². The molecular formula is C49H78N7O18P. The zero-order chi connectivity index (χ0) is 57.6. The Balaban J connectivity index is 3.01. The Labute approximate surface area is 438 Å². The van der Waals surface area contributed by atoms with E-state index in [0.717, 1.165) is 28.7 Å². The van der Waals surface area contributed by atoms with Crippen LogP contribution in [0.15, 0.2) is 30.3 Å². The van der Waals surface area contributed by atoms with Crippen molar-refractivity contribution in [2.45, 2.75) is 169 Å². The quantitative estimate of drug-likeness (QED) is 0.0740. The van der Waals surface area contributed by atoms with Crippen molar-refractivity contribution in [1.29, 1.82) is 0 Å². The van der Waals surface area contributed by atoms with Gasteiger partial charge in [0.1, 0.15) is 42.5 Å². The van der Waals surface area contributed by atoms with Crippen LogP contribution in [0.2, 0.25) is 0 Å². The van der Waals surface area contributed by atoms with E-state index >= 15 is 4.79 Å². The first-order valence-corrected chi connectivity index (χ1v) is 26.1. The number of phosphoric acid groups is 1. The molecule has 7 amide bonds. The molecule has 1 aliphatic rings. The Morgan fingerprint density at radius 1 is 0.773 bits per heavy atom. The molecule has 25 nitrogen and oxygen atoms in total. The normalized spacial score (nSPS) is 25.2. The van der Waals surface area contributed by atoms with Crippen LogP contribution in [0, 0.1) is 17.8 Å². The number of carbonyl (C=O) groups is 10. The standard InChI is InChI=1S/C49H78N7O18P/c1-17-34(58)52-37(41(26(6)7)74-75(67,68)69)48(65)72-39(24(2)3)35-46(63)56(15)38(30(11)70-16)49(66)73-40(25(4)5)36(51-31(12)57)47(64)71-33(23-32-21-19-18-20-22-32)45(62)55(14)28(9)42(59)50-27(8)44(61)54(13)29(10)43(60)53-35/h18-22,24-30,33,35-41H,17,23H2,1-16H3,(H,50,59)(H,51,57)(H,52,58)(H,53,60)(H2,67,68,69)/t27-,28?,29-,30+,33+,35-,36-,37-,38-,39+,40+,41+/m0/s1. The maximum atomic E-state index is 15.2. The van der Waals surface area contributed by atoms with Crippen LogP contribution in [0.25, 0.3) is 0 Å². The van der Waals surface area contributed by atoms with Gasteiger partial charge < -0.3 is 64.7 Å². The maximum Gasteiger partial charge on any atom is 0.469 e. The average molecular weight is 1080 g/mol. The highest BCUT2D eigenvalue weighted by Crippen LogP contribution is 2.40. The van der Waals surface area contributed by atoms with E-state index in [4.69, 9.17) is 23.5 Å². The lowest BCUT2D eigenvalue weighted by molar-refractivity contribution is -0.177. The van der Waals surface area contributed by atoms with Crippen LogP contribution in [0.1, 0.15) is 95.1 Å². The number of methoxy groups -OCH3 is 1. The van der Waals surface area contributed by atoms with Gasteiger partial charge in [0.25, 0.3) is 5.91 Å². The molecule has 1 aromatic rings. The molecule has 0 saturated carbocycles. The second kappa shape index (κ2) is 28.8. The number of nitrogens with zero attached hydrogens (tertiary/aromatic N) is 3. The first-order chi connectivity index (χ1) is 34.7. The molecule has 6 N–H and O–H groups in total. The maximum absolute atomic E-state index is 15.2. The minimum absolute atomic E-state index is 0.198. The fourth-order valence-corrected chi connectivity index (χ4v) is 8.63. The van der Waals surface area contributed by atoms with E-state index in [1.165, 1.54) is 83.5 Å². The summed E-state index contributed by atoms with van der Waals surface area (Å²) in [7, 11) is -0.472. The highest BCUT2D eigenvalue weighted by Gasteiger charge is 2.48. The number of amides is 7. The number of nitrogens with one attached hydrogen (secondary N) is 4. The molecular weight excluding hydrogens is 1010 g/mol. The van der Waals surface area contributed by atoms with Crippen LogP contribution >= 0.6 is 7.82 Å². The van der Waals surface area contributed by atoms with Gasteiger partial charge in [-0.15, -0.1) is 0 Å². The molecule has 1 fully saturated rings. The first-order valence-electron chi connectivity index (χ1n) is 24.6. The van der Waals surface area contributed by atoms with Crippen LogP contribution in [0.5, 0.6) is 0 Å². The van der Waals surface area contributed by atoms with Crippen molar-refractivity contribution in [3.63, 3.8) is 0 Å². The van der Waals surface area contributed by atoms with E-state index in [2.05, 4.69) is 21.3 Å². The summed E-state index contributed by atoms with van der Waals surface area (Å²) in [5.41, 5.74) is 0.535. The van der Waals surface area contributed by atoms with E-state index < -0.39 is 158 Å². The summed E-state index contributed by atoms with van der Waals surface area (Å²) in [6.07, 6.45) is -8.33. The number of carbonyl (C=O) groups excluding carboxylic acids is 10. The van der Waals surface area contributed by atoms with Gasteiger partial charge in [-0.1, -0.05) is 78.8 Å². The fraction of sp³-hybridized carbons (Fsp3) is 0.673. The minimum atomic E-state index is -5.33. The molecule has 0 radical (unpaired) electrons. The lowest BCUT2D eigenvalue weighted by Crippen LogP contribution is -2.64. The first kappa shape index (κ1) is 65.1. The largest absolute Gasteiger partial charge is 0.469 e. The van der Waals surface area contributed by atoms with Crippen LogP contribution < -0.4 is 21.3 Å². The number of phosphoric ester groups is 1. The Kier molecular flexibility index (Phi) is 25.0. The van der Waals surface area contributed by atoms with E-state index in [0.29, 0.717) is 5.56 Å². The fourth-order valence-electron chi connectivity index (χ4n) is 7.95. The van der Waals surface area contributed by atoms with E-state index in [1.807, 2.05) is 0 Å². The lowest BCUT2D eigenvalue weighted by atomic mass is 9.95. The zero-order valence-corrected chi connectivity index (χ0v) is 46.6. The van der Waals surface area contributed by atoms with Gasteiger partial charge in [0.15, 0.2) is 24.2 Å². The number of ether oxygens (including phenoxy) is 4. The van der Waals surface area contributed by atoms with Crippen LogP contribution in [-0.4, -0.2) is 185 Å². The van der Waals surface area contributed by atoms with Gasteiger partial charge >= 0.3 is 25.7 Å². The molecule has 0 bridgehead atoms. The van der Waals surface area contributed by atoms with Gasteiger partial charge in [-0.3, -0.25) is 38.1 Å². The molecule has 1 heterocycles. The summed E-state index contributed by atoms with van der Waals surface area (Å²) in [5, 5.41) is 9.91. The van der Waals surface area contributed by atoms with Crippen molar-refractivity contribution in [3.05, 3.63) is 35.9 Å². The molecule has 12 atom stereocenters. The Morgan fingerprint density at radius 3 is 1.80 bits per heavy atom. The smallest absolute Gasteiger partial charge is 0.458 e. The van der Waals surface area contributed by atoms with Crippen LogP contribution in [0.3, 0.4) is 0 Å².